The average Bonchev–Trinajstić information content (AvgIpc) is 1.71. The Morgan fingerprint density at radius 2 is 0.910 bits per heavy atom. The van der Waals surface area contributed by atoms with Crippen LogP contribution in [0.25, 0.3) is 66.9 Å². The van der Waals surface area contributed by atoms with Crippen LogP contribution in [0.4, 0.5) is 40.1 Å². The normalized spacial score (nSPS) is 11.0. The number of fused-ring (bicyclic) bond motifs is 4. The standard InChI is InChI=1S/C29H26N6O3.C27H24N8O2.C25H28N6O3.2CH4/c1-34-19-20(17-31-34)28-18-30-26-11-10-22(15-27(26)33-28)35(23-13-24(36-2)16-25(14-23)37-3)12-6-8-21-7-5-9-29(32-21)38-4;1-34-17-18(15-31-34)26-16-30-24-7-6-20(13-25(24)33-26)35(10-4-5-19-8-9-29-27(28)32-19)21-11-22(36-2)14-23(12-21)37-3;1-16(2)26-7-8-31(19-10-23(32-4)25-24(11-19)33-15-34-25)18-5-6-20-21(9-18)29-22(13-27-20)17-12-28-30(3)14-17;;/h5,7,9-11,13-19H,12H2,1-4H3;6-9,11-17H,10H2,1-3H3,(H2,28,29,32);5-6,9-14,16,26H,7-8,15H2,1-4H3;2*1H4. The molecule has 1 aliphatic rings. The molecule has 111 heavy (non-hydrogen) atoms. The third-order valence-corrected chi connectivity index (χ3v) is 17.2. The number of aromatic nitrogens is 15. The number of benzene rings is 6. The molecule has 0 bridgehead atoms. The number of ether oxygens (including phenoxy) is 8. The molecule has 15 rings (SSSR count). The highest BCUT2D eigenvalue weighted by Gasteiger charge is 2.24. The third kappa shape index (κ3) is 19.0. The zero-order valence-corrected chi connectivity index (χ0v) is 61.9. The van der Waals surface area contributed by atoms with E-state index in [1.54, 1.807) is 112 Å². The number of nitrogen functional groups attached to an aromatic ring is 1. The van der Waals surface area contributed by atoms with E-state index in [0.29, 0.717) is 76.6 Å². The van der Waals surface area contributed by atoms with Crippen molar-refractivity contribution in [2.75, 3.05) is 96.1 Å². The van der Waals surface area contributed by atoms with E-state index in [9.17, 15) is 0 Å². The number of hydrogen-bond acceptors (Lipinski definition) is 25. The van der Waals surface area contributed by atoms with Gasteiger partial charge < -0.3 is 63.6 Å². The Morgan fingerprint density at radius 3 is 1.32 bits per heavy atom. The van der Waals surface area contributed by atoms with E-state index in [0.717, 1.165) is 114 Å². The van der Waals surface area contributed by atoms with Crippen LogP contribution in [0.15, 0.2) is 189 Å². The zero-order chi connectivity index (χ0) is 75.9. The highest BCUT2D eigenvalue weighted by Crippen LogP contribution is 2.46. The highest BCUT2D eigenvalue weighted by molar-refractivity contribution is 5.86. The van der Waals surface area contributed by atoms with Crippen molar-refractivity contribution in [3.8, 4) is 104 Å². The van der Waals surface area contributed by atoms with Crippen molar-refractivity contribution in [2.45, 2.75) is 34.7 Å². The molecule has 6 aromatic carbocycles. The summed E-state index contributed by atoms with van der Waals surface area (Å²) in [6, 6.07) is 40.9. The molecule has 0 saturated heterocycles. The number of methoxy groups -OCH3 is 6. The van der Waals surface area contributed by atoms with Gasteiger partial charge in [-0.1, -0.05) is 46.6 Å². The first-order chi connectivity index (χ1) is 53.1. The number of anilines is 7. The van der Waals surface area contributed by atoms with Gasteiger partial charge in [-0.2, -0.15) is 15.3 Å². The lowest BCUT2D eigenvalue weighted by Crippen LogP contribution is -2.32. The second kappa shape index (κ2) is 36.0. The molecule has 8 aromatic heterocycles. The molecule has 14 aromatic rings. The van der Waals surface area contributed by atoms with Crippen LogP contribution in [-0.4, -0.2) is 156 Å². The highest BCUT2D eigenvalue weighted by atomic mass is 16.7. The maximum Gasteiger partial charge on any atom is 0.231 e. The summed E-state index contributed by atoms with van der Waals surface area (Å²) < 4.78 is 49.4. The van der Waals surface area contributed by atoms with Crippen molar-refractivity contribution in [3.63, 3.8) is 0 Å². The van der Waals surface area contributed by atoms with Crippen molar-refractivity contribution < 1.29 is 37.9 Å². The molecule has 28 heteroatoms. The van der Waals surface area contributed by atoms with Crippen molar-refractivity contribution in [1.29, 1.82) is 0 Å². The molecule has 0 fully saturated rings. The van der Waals surface area contributed by atoms with Gasteiger partial charge in [-0.25, -0.2) is 29.9 Å². The molecule has 1 aliphatic heterocycles. The lowest BCUT2D eigenvalue weighted by Gasteiger charge is -2.26. The molecule has 0 unspecified atom stereocenters. The van der Waals surface area contributed by atoms with Crippen molar-refractivity contribution in [3.05, 3.63) is 201 Å². The van der Waals surface area contributed by atoms with Crippen LogP contribution < -0.4 is 63.6 Å². The van der Waals surface area contributed by atoms with Gasteiger partial charge in [-0.05, 0) is 78.6 Å². The quantitative estimate of drug-likeness (QED) is 0.0632. The van der Waals surface area contributed by atoms with Crippen LogP contribution in [0.3, 0.4) is 0 Å². The summed E-state index contributed by atoms with van der Waals surface area (Å²) in [5.41, 5.74) is 22.0. The van der Waals surface area contributed by atoms with Gasteiger partial charge in [0.25, 0.3) is 0 Å². The van der Waals surface area contributed by atoms with E-state index >= 15 is 0 Å². The number of pyridine rings is 1. The molecule has 0 radical (unpaired) electrons. The summed E-state index contributed by atoms with van der Waals surface area (Å²) in [6.45, 7) is 6.72. The minimum absolute atomic E-state index is 0. The molecule has 0 amide bonds. The Labute approximate surface area is 643 Å². The minimum atomic E-state index is 0. The summed E-state index contributed by atoms with van der Waals surface area (Å²) in [5.74, 6) is 18.0. The fourth-order valence-corrected chi connectivity index (χ4v) is 11.7. The van der Waals surface area contributed by atoms with E-state index in [4.69, 9.17) is 58.6 Å². The van der Waals surface area contributed by atoms with Gasteiger partial charge in [0.15, 0.2) is 11.5 Å². The molecule has 0 aliphatic carbocycles. The van der Waals surface area contributed by atoms with E-state index in [1.165, 1.54) is 0 Å². The van der Waals surface area contributed by atoms with Crippen molar-refractivity contribution in [2.24, 2.45) is 21.1 Å². The predicted molar refractivity (Wildman–Crippen MR) is 432 cm³/mol. The van der Waals surface area contributed by atoms with Gasteiger partial charge in [-0.3, -0.25) is 29.0 Å². The predicted octanol–water partition coefficient (Wildman–Crippen LogP) is 13.4. The number of aryl methyl sites for hydroxylation is 3. The third-order valence-electron chi connectivity index (χ3n) is 17.2. The number of nitrogens with one attached hydrogen (secondary N) is 1. The smallest absolute Gasteiger partial charge is 0.231 e. The van der Waals surface area contributed by atoms with Crippen LogP contribution in [-0.2, 0) is 21.1 Å². The number of rotatable bonds is 21. The summed E-state index contributed by atoms with van der Waals surface area (Å²) in [4.78, 5) is 47.2. The van der Waals surface area contributed by atoms with Gasteiger partial charge in [0.05, 0.1) is 143 Å². The van der Waals surface area contributed by atoms with Gasteiger partial charge >= 0.3 is 0 Å². The average molecular weight is 1490 g/mol. The van der Waals surface area contributed by atoms with Crippen LogP contribution in [0, 0.1) is 23.7 Å². The van der Waals surface area contributed by atoms with Gasteiger partial charge in [-0.15, -0.1) is 0 Å². The van der Waals surface area contributed by atoms with Gasteiger partial charge in [0.1, 0.15) is 34.4 Å². The molecule has 0 saturated carbocycles. The van der Waals surface area contributed by atoms with Gasteiger partial charge in [0, 0.05) is 170 Å². The molecule has 9 heterocycles. The molecule has 28 nitrogen and oxygen atoms in total. The Kier molecular flexibility index (Phi) is 25.3. The Bertz CT molecular complexity index is 5660. The monoisotopic (exact) mass is 1490 g/mol. The zero-order valence-electron chi connectivity index (χ0n) is 61.9. The lowest BCUT2D eigenvalue weighted by atomic mass is 10.1. The maximum absolute atomic E-state index is 5.70. The molecular weight excluding hydrogens is 1410 g/mol. The number of nitrogens with two attached hydrogens (primary N) is 1. The molecule has 566 valence electrons. The van der Waals surface area contributed by atoms with Crippen LogP contribution >= 0.6 is 0 Å². The number of nitrogens with zero attached hydrogens (tertiary/aromatic N) is 18. The second-order valence-corrected chi connectivity index (χ2v) is 24.9. The fraction of sp³-hybridized carbons (Fsp3) is 0.229. The minimum Gasteiger partial charge on any atom is -0.497 e. The van der Waals surface area contributed by atoms with Gasteiger partial charge in [0.2, 0.25) is 24.4 Å². The summed E-state index contributed by atoms with van der Waals surface area (Å²) >= 11 is 0. The molecular formula is C83H86N20O8. The van der Waals surface area contributed by atoms with Crippen molar-refractivity contribution in [1.82, 2.24) is 79.5 Å². The van der Waals surface area contributed by atoms with E-state index in [2.05, 4.69) is 110 Å². The summed E-state index contributed by atoms with van der Waals surface area (Å²) in [5, 5.41) is 16.2. The fourth-order valence-electron chi connectivity index (χ4n) is 11.7. The maximum atomic E-state index is 5.70. The lowest BCUT2D eigenvalue weighted by molar-refractivity contribution is 0.171. The van der Waals surface area contributed by atoms with Crippen LogP contribution in [0.5, 0.6) is 46.1 Å². The largest absolute Gasteiger partial charge is 0.497 e. The first-order valence-electron chi connectivity index (χ1n) is 34.4. The Hall–Kier alpha value is -14.1. The van der Waals surface area contributed by atoms with E-state index in [1.807, 2.05) is 148 Å². The van der Waals surface area contributed by atoms with Crippen LogP contribution in [0.1, 0.15) is 40.1 Å². The van der Waals surface area contributed by atoms with Crippen molar-refractivity contribution >= 4 is 73.2 Å². The number of hydrogen-bond donors (Lipinski definition) is 2. The molecule has 0 atom stereocenters. The topological polar surface area (TPSA) is 291 Å². The SMILES string of the molecule is C.C.COc1cc(N(CCNC(C)C)c2ccc3ncc(-c4cnn(C)c4)nc3c2)cc2c1OCO2.COc1cc(OC)cc(N(CC#Cc2cccc(OC)n2)c2ccc3ncc(-c4cnn(C)c4)nc3c2)c1.COc1cc(OC)cc(N(CC#Cc2ccnc(N)n2)c2ccc3ncc(-c4cnn(C)c4)nc3c2)c1. The Morgan fingerprint density at radius 1 is 0.459 bits per heavy atom. The first kappa shape index (κ1) is 78.0. The van der Waals surface area contributed by atoms with E-state index < -0.39 is 0 Å². The summed E-state index contributed by atoms with van der Waals surface area (Å²) in [7, 11) is 15.3. The van der Waals surface area contributed by atoms with Crippen LogP contribution in [0.2, 0.25) is 0 Å². The van der Waals surface area contributed by atoms with E-state index in [-0.39, 0.29) is 27.6 Å². The molecule has 3 N–H and O–H groups in total. The summed E-state index contributed by atoms with van der Waals surface area (Å²) in [6.07, 6.45) is 18.0. The Balaban J connectivity index is 0.000000164. The second-order valence-electron chi connectivity index (χ2n) is 24.9. The first-order valence-corrected chi connectivity index (χ1v) is 34.4. The molecule has 0 spiro atoms.